The Labute approximate surface area is 145 Å². The van der Waals surface area contributed by atoms with Crippen LogP contribution in [0, 0.1) is 0 Å². The third-order valence-electron chi connectivity index (χ3n) is 5.00. The van der Waals surface area contributed by atoms with Crippen LogP contribution in [0.15, 0.2) is 24.3 Å². The Kier molecular flexibility index (Phi) is 4.60. The van der Waals surface area contributed by atoms with Crippen LogP contribution in [0.3, 0.4) is 0 Å². The van der Waals surface area contributed by atoms with Gasteiger partial charge in [0.05, 0.1) is 5.56 Å². The van der Waals surface area contributed by atoms with Gasteiger partial charge in [-0.1, -0.05) is 0 Å². The van der Waals surface area contributed by atoms with Crippen molar-refractivity contribution in [3.8, 4) is 0 Å². The molecule has 1 aromatic carbocycles. The first kappa shape index (κ1) is 17.3. The highest BCUT2D eigenvalue weighted by Gasteiger charge is 2.39. The van der Waals surface area contributed by atoms with E-state index in [1.165, 1.54) is 18.5 Å². The van der Waals surface area contributed by atoms with Crippen LogP contribution in [0.4, 0.5) is 5.69 Å². The Bertz CT molecular complexity index is 570. The summed E-state index contributed by atoms with van der Waals surface area (Å²) in [6.07, 6.45) is 4.15. The third-order valence-corrected chi connectivity index (χ3v) is 5.00. The van der Waals surface area contributed by atoms with Crippen LogP contribution in [-0.2, 0) is 4.74 Å². The fourth-order valence-corrected chi connectivity index (χ4v) is 4.32. The molecule has 2 fully saturated rings. The van der Waals surface area contributed by atoms with Gasteiger partial charge in [0.25, 0.3) is 0 Å². The minimum atomic E-state index is -0.207. The lowest BCUT2D eigenvalue weighted by atomic mass is 9.81. The van der Waals surface area contributed by atoms with Gasteiger partial charge in [-0.15, -0.1) is 0 Å². The molecule has 2 heterocycles. The highest BCUT2D eigenvalue weighted by atomic mass is 16.5. The van der Waals surface area contributed by atoms with Gasteiger partial charge in [-0.3, -0.25) is 0 Å². The maximum atomic E-state index is 12.5. The fourth-order valence-electron chi connectivity index (χ4n) is 4.32. The number of nitrogens with one attached hydrogen (secondary N) is 1. The van der Waals surface area contributed by atoms with Crippen LogP contribution in [0.2, 0.25) is 0 Å². The number of hydrogen-bond acceptors (Lipinski definition) is 4. The average molecular weight is 330 g/mol. The van der Waals surface area contributed by atoms with Gasteiger partial charge in [-0.25, -0.2) is 4.79 Å². The molecule has 0 atom stereocenters. The number of anilines is 1. The molecule has 0 radical (unpaired) electrons. The van der Waals surface area contributed by atoms with Crippen LogP contribution in [0.25, 0.3) is 0 Å². The zero-order chi connectivity index (χ0) is 17.4. The monoisotopic (exact) mass is 330 g/mol. The molecule has 0 amide bonds. The zero-order valence-electron chi connectivity index (χ0n) is 15.4. The SMILES string of the molecule is CC1(C)CC(OC(=O)c2ccc(N3CCCC3)cc2)CC(C)(C)N1. The Morgan fingerprint density at radius 2 is 1.58 bits per heavy atom. The van der Waals surface area contributed by atoms with E-state index >= 15 is 0 Å². The van der Waals surface area contributed by atoms with E-state index in [1.807, 2.05) is 24.3 Å². The van der Waals surface area contributed by atoms with E-state index in [0.717, 1.165) is 25.9 Å². The van der Waals surface area contributed by atoms with Crippen molar-refractivity contribution in [1.29, 1.82) is 0 Å². The van der Waals surface area contributed by atoms with Crippen molar-refractivity contribution in [1.82, 2.24) is 5.32 Å². The molecule has 2 aliphatic rings. The van der Waals surface area contributed by atoms with Crippen molar-refractivity contribution >= 4 is 11.7 Å². The molecule has 1 aromatic rings. The molecule has 1 N–H and O–H groups in total. The number of carbonyl (C=O) groups excluding carboxylic acids is 1. The van der Waals surface area contributed by atoms with Crippen LogP contribution < -0.4 is 10.2 Å². The summed E-state index contributed by atoms with van der Waals surface area (Å²) in [6.45, 7) is 10.9. The summed E-state index contributed by atoms with van der Waals surface area (Å²) in [7, 11) is 0. The number of benzene rings is 1. The molecular formula is C20H30N2O2. The molecule has 0 aromatic heterocycles. The van der Waals surface area contributed by atoms with Gasteiger partial charge in [-0.05, 0) is 64.8 Å². The zero-order valence-corrected chi connectivity index (χ0v) is 15.4. The lowest BCUT2D eigenvalue weighted by Gasteiger charge is -2.45. The van der Waals surface area contributed by atoms with Crippen LogP contribution >= 0.6 is 0 Å². The van der Waals surface area contributed by atoms with Gasteiger partial charge in [0.2, 0.25) is 0 Å². The van der Waals surface area contributed by atoms with Crippen LogP contribution in [-0.4, -0.2) is 36.2 Å². The second-order valence-electron chi connectivity index (χ2n) is 8.57. The van der Waals surface area contributed by atoms with Crippen molar-refractivity contribution in [3.63, 3.8) is 0 Å². The quantitative estimate of drug-likeness (QED) is 0.857. The topological polar surface area (TPSA) is 41.6 Å². The molecule has 0 spiro atoms. The summed E-state index contributed by atoms with van der Waals surface area (Å²) in [4.78, 5) is 14.9. The normalized spacial score (nSPS) is 23.2. The van der Waals surface area contributed by atoms with Gasteiger partial charge in [0.1, 0.15) is 6.10 Å². The number of nitrogens with zero attached hydrogens (tertiary/aromatic N) is 1. The van der Waals surface area contributed by atoms with E-state index in [0.29, 0.717) is 5.56 Å². The lowest BCUT2D eigenvalue weighted by Crippen LogP contribution is -2.59. The van der Waals surface area contributed by atoms with Crippen molar-refractivity contribution < 1.29 is 9.53 Å². The molecule has 0 aliphatic carbocycles. The summed E-state index contributed by atoms with van der Waals surface area (Å²) >= 11 is 0. The second kappa shape index (κ2) is 6.40. The van der Waals surface area contributed by atoms with Gasteiger partial charge in [0, 0.05) is 42.7 Å². The Hall–Kier alpha value is -1.55. The van der Waals surface area contributed by atoms with Crippen molar-refractivity contribution in [3.05, 3.63) is 29.8 Å². The van der Waals surface area contributed by atoms with Crippen molar-refractivity contribution in [2.75, 3.05) is 18.0 Å². The van der Waals surface area contributed by atoms with Crippen LogP contribution in [0.1, 0.15) is 63.7 Å². The average Bonchev–Trinajstić information content (AvgIpc) is 2.98. The van der Waals surface area contributed by atoms with Gasteiger partial charge in [-0.2, -0.15) is 0 Å². The largest absolute Gasteiger partial charge is 0.459 e. The van der Waals surface area contributed by atoms with Gasteiger partial charge < -0.3 is 15.0 Å². The summed E-state index contributed by atoms with van der Waals surface area (Å²) in [6, 6.07) is 7.87. The number of rotatable bonds is 3. The van der Waals surface area contributed by atoms with E-state index in [-0.39, 0.29) is 23.2 Å². The molecule has 0 bridgehead atoms. The molecule has 4 heteroatoms. The Morgan fingerprint density at radius 1 is 1.04 bits per heavy atom. The van der Waals surface area contributed by atoms with Crippen LogP contribution in [0.5, 0.6) is 0 Å². The van der Waals surface area contributed by atoms with E-state index in [2.05, 4.69) is 37.9 Å². The van der Waals surface area contributed by atoms with Gasteiger partial charge >= 0.3 is 5.97 Å². The summed E-state index contributed by atoms with van der Waals surface area (Å²) < 4.78 is 5.82. The van der Waals surface area contributed by atoms with Crippen molar-refractivity contribution in [2.45, 2.75) is 70.6 Å². The first-order valence-corrected chi connectivity index (χ1v) is 9.09. The van der Waals surface area contributed by atoms with Gasteiger partial charge in [0.15, 0.2) is 0 Å². The minimum absolute atomic E-state index is 0.0215. The first-order chi connectivity index (χ1) is 11.2. The predicted molar refractivity (Wildman–Crippen MR) is 97.6 cm³/mol. The van der Waals surface area contributed by atoms with E-state index in [9.17, 15) is 4.79 Å². The highest BCUT2D eigenvalue weighted by molar-refractivity contribution is 5.90. The van der Waals surface area contributed by atoms with E-state index in [4.69, 9.17) is 4.74 Å². The third kappa shape index (κ3) is 4.10. The minimum Gasteiger partial charge on any atom is -0.459 e. The summed E-state index contributed by atoms with van der Waals surface area (Å²) in [5.74, 6) is -0.207. The molecule has 0 saturated carbocycles. The molecule has 4 nitrogen and oxygen atoms in total. The lowest BCUT2D eigenvalue weighted by molar-refractivity contribution is -0.00637. The number of piperidine rings is 1. The molecule has 24 heavy (non-hydrogen) atoms. The summed E-state index contributed by atoms with van der Waals surface area (Å²) in [5.41, 5.74) is 1.80. The molecular weight excluding hydrogens is 300 g/mol. The number of hydrogen-bond donors (Lipinski definition) is 1. The maximum absolute atomic E-state index is 12.5. The number of esters is 1. The molecule has 2 aliphatic heterocycles. The molecule has 2 saturated heterocycles. The highest BCUT2D eigenvalue weighted by Crippen LogP contribution is 2.31. The number of ether oxygens (including phenoxy) is 1. The number of carbonyl (C=O) groups is 1. The second-order valence-corrected chi connectivity index (χ2v) is 8.57. The molecule has 132 valence electrons. The standard InChI is InChI=1S/C20H30N2O2/c1-19(2)13-17(14-20(3,4)21-19)24-18(23)15-7-9-16(10-8-15)22-11-5-6-12-22/h7-10,17,21H,5-6,11-14H2,1-4H3. The first-order valence-electron chi connectivity index (χ1n) is 9.09. The molecule has 0 unspecified atom stereocenters. The maximum Gasteiger partial charge on any atom is 0.338 e. The van der Waals surface area contributed by atoms with E-state index < -0.39 is 0 Å². The Morgan fingerprint density at radius 3 is 2.12 bits per heavy atom. The fraction of sp³-hybridized carbons (Fsp3) is 0.650. The molecule has 3 rings (SSSR count). The smallest absolute Gasteiger partial charge is 0.338 e. The predicted octanol–water partition coefficient (Wildman–Crippen LogP) is 3.75. The summed E-state index contributed by atoms with van der Waals surface area (Å²) in [5, 5.41) is 3.62. The Balaban J connectivity index is 1.64. The van der Waals surface area contributed by atoms with E-state index in [1.54, 1.807) is 0 Å². The van der Waals surface area contributed by atoms with Crippen molar-refractivity contribution in [2.24, 2.45) is 0 Å².